The highest BCUT2D eigenvalue weighted by Crippen LogP contribution is 2.27. The molecule has 1 amide bonds. The minimum atomic E-state index is -0.430. The molecule has 144 valence electrons. The van der Waals surface area contributed by atoms with Gasteiger partial charge >= 0.3 is 0 Å². The van der Waals surface area contributed by atoms with Crippen LogP contribution in [0.25, 0.3) is 11.4 Å². The molecule has 0 fully saturated rings. The Morgan fingerprint density at radius 2 is 2.04 bits per heavy atom. The standard InChI is InChI=1S/C20H20FN5OS/c1-12(19(27)23-17-9-8-13-4-2-5-14(13)11-17)28-20-25-24-18(26(20)22)15-6-3-7-16(21)10-15/h3,6-12H,2,4-5,22H2,1H3,(H,23,27)/t12-/m1/s1. The first-order valence-electron chi connectivity index (χ1n) is 9.07. The molecule has 2 aromatic carbocycles. The summed E-state index contributed by atoms with van der Waals surface area (Å²) in [6.45, 7) is 1.78. The Morgan fingerprint density at radius 1 is 1.21 bits per heavy atom. The summed E-state index contributed by atoms with van der Waals surface area (Å²) in [6, 6.07) is 12.0. The van der Waals surface area contributed by atoms with Gasteiger partial charge in [-0.25, -0.2) is 9.07 Å². The van der Waals surface area contributed by atoms with E-state index in [0.29, 0.717) is 16.5 Å². The van der Waals surface area contributed by atoms with E-state index in [1.165, 1.54) is 46.1 Å². The van der Waals surface area contributed by atoms with Gasteiger partial charge in [0.2, 0.25) is 11.1 Å². The number of aromatic nitrogens is 3. The van der Waals surface area contributed by atoms with Crippen molar-refractivity contribution in [3.8, 4) is 11.4 Å². The van der Waals surface area contributed by atoms with Crippen molar-refractivity contribution in [2.75, 3.05) is 11.2 Å². The third-order valence-electron chi connectivity index (χ3n) is 4.76. The molecule has 1 aliphatic carbocycles. The molecular formula is C20H20FN5OS. The largest absolute Gasteiger partial charge is 0.335 e. The second-order valence-electron chi connectivity index (χ2n) is 6.77. The zero-order valence-electron chi connectivity index (χ0n) is 15.4. The topological polar surface area (TPSA) is 85.8 Å². The molecule has 0 spiro atoms. The lowest BCUT2D eigenvalue weighted by atomic mass is 10.1. The molecule has 28 heavy (non-hydrogen) atoms. The SMILES string of the molecule is C[C@@H](Sc1nnc(-c2cccc(F)c2)n1N)C(=O)Nc1ccc2c(c1)CCC2. The lowest BCUT2D eigenvalue weighted by molar-refractivity contribution is -0.115. The molecule has 1 aromatic heterocycles. The van der Waals surface area contributed by atoms with Crippen molar-refractivity contribution >= 4 is 23.4 Å². The summed E-state index contributed by atoms with van der Waals surface area (Å²) < 4.78 is 14.7. The van der Waals surface area contributed by atoms with Crippen molar-refractivity contribution in [3.63, 3.8) is 0 Å². The number of carbonyl (C=O) groups is 1. The normalized spacial score (nSPS) is 13.9. The third-order valence-corrected chi connectivity index (χ3v) is 5.82. The van der Waals surface area contributed by atoms with E-state index in [2.05, 4.69) is 21.6 Å². The van der Waals surface area contributed by atoms with Crippen LogP contribution in [0.4, 0.5) is 10.1 Å². The minimum Gasteiger partial charge on any atom is -0.335 e. The number of carbonyl (C=O) groups excluding carboxylic acids is 1. The molecule has 1 aliphatic rings. The van der Waals surface area contributed by atoms with Crippen LogP contribution in [0.15, 0.2) is 47.6 Å². The van der Waals surface area contributed by atoms with E-state index in [0.717, 1.165) is 18.5 Å². The monoisotopic (exact) mass is 397 g/mol. The molecule has 8 heteroatoms. The number of anilines is 1. The number of thioether (sulfide) groups is 1. The molecule has 0 unspecified atom stereocenters. The highest BCUT2D eigenvalue weighted by molar-refractivity contribution is 8.00. The van der Waals surface area contributed by atoms with Crippen LogP contribution in [0.1, 0.15) is 24.5 Å². The summed E-state index contributed by atoms with van der Waals surface area (Å²) in [4.78, 5) is 12.6. The predicted octanol–water partition coefficient (Wildman–Crippen LogP) is 3.41. The Morgan fingerprint density at radius 3 is 2.86 bits per heavy atom. The highest BCUT2D eigenvalue weighted by atomic mass is 32.2. The van der Waals surface area contributed by atoms with Crippen LogP contribution >= 0.6 is 11.8 Å². The summed E-state index contributed by atoms with van der Waals surface area (Å²) in [5.41, 5.74) is 3.99. The van der Waals surface area contributed by atoms with Crippen molar-refractivity contribution in [1.29, 1.82) is 0 Å². The number of nitrogens with two attached hydrogens (primary N) is 1. The fraction of sp³-hybridized carbons (Fsp3) is 0.250. The number of nitrogens with one attached hydrogen (secondary N) is 1. The van der Waals surface area contributed by atoms with Crippen molar-refractivity contribution < 1.29 is 9.18 Å². The van der Waals surface area contributed by atoms with E-state index in [-0.39, 0.29) is 11.7 Å². The first-order valence-corrected chi connectivity index (χ1v) is 9.95. The quantitative estimate of drug-likeness (QED) is 0.509. The smallest absolute Gasteiger partial charge is 0.237 e. The number of aryl methyl sites for hydroxylation is 2. The molecule has 3 aromatic rings. The molecule has 4 rings (SSSR count). The van der Waals surface area contributed by atoms with Crippen LogP contribution in [-0.2, 0) is 17.6 Å². The van der Waals surface area contributed by atoms with Gasteiger partial charge in [-0.2, -0.15) is 0 Å². The van der Waals surface area contributed by atoms with Gasteiger partial charge in [0.25, 0.3) is 0 Å². The number of halogens is 1. The first kappa shape index (κ1) is 18.5. The summed E-state index contributed by atoms with van der Waals surface area (Å²) in [6.07, 6.45) is 3.33. The van der Waals surface area contributed by atoms with Gasteiger partial charge in [-0.05, 0) is 61.6 Å². The Hall–Kier alpha value is -2.87. The maximum Gasteiger partial charge on any atom is 0.237 e. The Kier molecular flexibility index (Phi) is 5.04. The van der Waals surface area contributed by atoms with Crippen LogP contribution < -0.4 is 11.2 Å². The summed E-state index contributed by atoms with van der Waals surface area (Å²) in [5.74, 6) is 5.89. The van der Waals surface area contributed by atoms with Gasteiger partial charge in [0.15, 0.2) is 5.82 Å². The fourth-order valence-electron chi connectivity index (χ4n) is 3.29. The molecule has 1 atom stereocenters. The Labute approximate surface area is 166 Å². The lowest BCUT2D eigenvalue weighted by Crippen LogP contribution is -2.23. The van der Waals surface area contributed by atoms with Crippen molar-refractivity contribution in [3.05, 3.63) is 59.4 Å². The first-order chi connectivity index (χ1) is 13.5. The summed E-state index contributed by atoms with van der Waals surface area (Å²) in [5, 5.41) is 11.0. The van der Waals surface area contributed by atoms with Crippen molar-refractivity contribution in [2.45, 2.75) is 36.6 Å². The molecule has 0 saturated carbocycles. The average molecular weight is 397 g/mol. The fourth-order valence-corrected chi connectivity index (χ4v) is 4.06. The van der Waals surface area contributed by atoms with Crippen LogP contribution in [-0.4, -0.2) is 26.0 Å². The molecule has 0 saturated heterocycles. The molecule has 0 aliphatic heterocycles. The van der Waals surface area contributed by atoms with Gasteiger partial charge in [-0.3, -0.25) is 4.79 Å². The van der Waals surface area contributed by atoms with Gasteiger partial charge in [0, 0.05) is 11.3 Å². The molecular weight excluding hydrogens is 377 g/mol. The molecule has 0 radical (unpaired) electrons. The number of amides is 1. The van der Waals surface area contributed by atoms with Crippen molar-refractivity contribution in [2.24, 2.45) is 0 Å². The van der Waals surface area contributed by atoms with Crippen molar-refractivity contribution in [1.82, 2.24) is 14.9 Å². The second kappa shape index (κ2) is 7.63. The van der Waals surface area contributed by atoms with Gasteiger partial charge in [-0.15, -0.1) is 10.2 Å². The molecule has 1 heterocycles. The number of nitrogens with zero attached hydrogens (tertiary/aromatic N) is 3. The number of hydrogen-bond acceptors (Lipinski definition) is 5. The van der Waals surface area contributed by atoms with Crippen LogP contribution in [0.2, 0.25) is 0 Å². The van der Waals surface area contributed by atoms with Gasteiger partial charge < -0.3 is 11.2 Å². The van der Waals surface area contributed by atoms with Gasteiger partial charge in [0.1, 0.15) is 5.82 Å². The predicted molar refractivity (Wildman–Crippen MR) is 108 cm³/mol. The number of nitrogen functional groups attached to an aromatic ring is 1. The highest BCUT2D eigenvalue weighted by Gasteiger charge is 2.21. The minimum absolute atomic E-state index is 0.141. The number of benzene rings is 2. The van der Waals surface area contributed by atoms with E-state index in [4.69, 9.17) is 5.84 Å². The van der Waals surface area contributed by atoms with Crippen LogP contribution in [0, 0.1) is 5.82 Å². The maximum atomic E-state index is 13.4. The molecule has 6 nitrogen and oxygen atoms in total. The van der Waals surface area contributed by atoms with E-state index in [1.807, 2.05) is 12.1 Å². The van der Waals surface area contributed by atoms with E-state index in [1.54, 1.807) is 19.1 Å². The van der Waals surface area contributed by atoms with E-state index in [9.17, 15) is 9.18 Å². The lowest BCUT2D eigenvalue weighted by Gasteiger charge is -2.12. The maximum absolute atomic E-state index is 13.4. The Bertz CT molecular complexity index is 1040. The zero-order valence-corrected chi connectivity index (χ0v) is 16.2. The van der Waals surface area contributed by atoms with Gasteiger partial charge in [0.05, 0.1) is 5.25 Å². The number of rotatable bonds is 5. The number of fused-ring (bicyclic) bond motifs is 1. The third kappa shape index (κ3) is 3.73. The average Bonchev–Trinajstić information content (AvgIpc) is 3.28. The van der Waals surface area contributed by atoms with Crippen LogP contribution in [0.3, 0.4) is 0 Å². The second-order valence-corrected chi connectivity index (χ2v) is 8.08. The number of hydrogen-bond donors (Lipinski definition) is 2. The van der Waals surface area contributed by atoms with Crippen LogP contribution in [0.5, 0.6) is 0 Å². The summed E-state index contributed by atoms with van der Waals surface area (Å²) >= 11 is 1.20. The van der Waals surface area contributed by atoms with Gasteiger partial charge in [-0.1, -0.05) is 30.0 Å². The zero-order chi connectivity index (χ0) is 19.7. The Balaban J connectivity index is 1.45. The molecule has 3 N–H and O–H groups in total. The molecule has 0 bridgehead atoms. The van der Waals surface area contributed by atoms with E-state index < -0.39 is 5.25 Å². The van der Waals surface area contributed by atoms with E-state index >= 15 is 0 Å². The summed E-state index contributed by atoms with van der Waals surface area (Å²) in [7, 11) is 0.